The molecule has 3 aromatic rings. The zero-order valence-corrected chi connectivity index (χ0v) is 14.6. The molecule has 0 spiro atoms. The van der Waals surface area contributed by atoms with E-state index in [-0.39, 0.29) is 11.9 Å². The first-order chi connectivity index (χ1) is 12.7. The van der Waals surface area contributed by atoms with E-state index in [2.05, 4.69) is 9.97 Å². The fourth-order valence-electron chi connectivity index (χ4n) is 3.22. The molecule has 0 N–H and O–H groups in total. The Hall–Kier alpha value is -3.15. The first kappa shape index (κ1) is 16.3. The van der Waals surface area contributed by atoms with Gasteiger partial charge in [0, 0.05) is 37.7 Å². The zero-order chi connectivity index (χ0) is 17.9. The molecule has 1 aromatic carbocycles. The third-order valence-corrected chi connectivity index (χ3v) is 4.61. The molecule has 1 unspecified atom stereocenters. The van der Waals surface area contributed by atoms with Gasteiger partial charge in [0.15, 0.2) is 0 Å². The summed E-state index contributed by atoms with van der Waals surface area (Å²) in [6.45, 7) is 1.18. The molecule has 0 radical (unpaired) electrons. The van der Waals surface area contributed by atoms with Gasteiger partial charge in [-0.3, -0.25) is 9.78 Å². The van der Waals surface area contributed by atoms with Crippen molar-refractivity contribution in [3.05, 3.63) is 66.7 Å². The van der Waals surface area contributed by atoms with Crippen molar-refractivity contribution in [3.63, 3.8) is 0 Å². The molecule has 6 nitrogen and oxygen atoms in total. The van der Waals surface area contributed by atoms with Crippen molar-refractivity contribution in [3.8, 4) is 17.1 Å². The maximum absolute atomic E-state index is 12.4. The Kier molecular flexibility index (Phi) is 4.39. The number of hydrogen-bond donors (Lipinski definition) is 0. The highest BCUT2D eigenvalue weighted by Gasteiger charge is 2.31. The fourth-order valence-corrected chi connectivity index (χ4v) is 3.22. The SMILES string of the molecule is CN1CCC(n2ccnc2-c2cccc(OCc3ccccn3)c2)C1=O. The summed E-state index contributed by atoms with van der Waals surface area (Å²) in [5, 5.41) is 0. The number of imidazole rings is 1. The number of carbonyl (C=O) groups excluding carboxylic acids is 1. The molecule has 0 bridgehead atoms. The summed E-state index contributed by atoms with van der Waals surface area (Å²) in [7, 11) is 1.84. The molecule has 0 aliphatic carbocycles. The van der Waals surface area contributed by atoms with Crippen molar-refractivity contribution < 1.29 is 9.53 Å². The van der Waals surface area contributed by atoms with Crippen LogP contribution < -0.4 is 4.74 Å². The van der Waals surface area contributed by atoms with Gasteiger partial charge in [0.1, 0.15) is 24.2 Å². The second-order valence-electron chi connectivity index (χ2n) is 6.36. The van der Waals surface area contributed by atoms with Crippen molar-refractivity contribution in [2.45, 2.75) is 19.1 Å². The zero-order valence-electron chi connectivity index (χ0n) is 14.6. The van der Waals surface area contributed by atoms with Gasteiger partial charge in [-0.2, -0.15) is 0 Å². The van der Waals surface area contributed by atoms with Gasteiger partial charge >= 0.3 is 0 Å². The minimum Gasteiger partial charge on any atom is -0.487 e. The second-order valence-corrected chi connectivity index (χ2v) is 6.36. The highest BCUT2D eigenvalue weighted by atomic mass is 16.5. The molecule has 26 heavy (non-hydrogen) atoms. The highest BCUT2D eigenvalue weighted by Crippen LogP contribution is 2.29. The third kappa shape index (κ3) is 3.18. The molecule has 0 saturated carbocycles. The van der Waals surface area contributed by atoms with Gasteiger partial charge in [-0.15, -0.1) is 0 Å². The summed E-state index contributed by atoms with van der Waals surface area (Å²) >= 11 is 0. The number of rotatable bonds is 5. The summed E-state index contributed by atoms with van der Waals surface area (Å²) in [6, 6.07) is 13.3. The van der Waals surface area contributed by atoms with Crippen LogP contribution in [-0.4, -0.2) is 38.9 Å². The van der Waals surface area contributed by atoms with Crippen LogP contribution in [0.25, 0.3) is 11.4 Å². The molecule has 1 aliphatic heterocycles. The van der Waals surface area contributed by atoms with E-state index in [1.54, 1.807) is 17.3 Å². The van der Waals surface area contributed by atoms with Crippen molar-refractivity contribution in [1.82, 2.24) is 19.4 Å². The van der Waals surface area contributed by atoms with Gasteiger partial charge < -0.3 is 14.2 Å². The van der Waals surface area contributed by atoms with Crippen LogP contribution in [-0.2, 0) is 11.4 Å². The van der Waals surface area contributed by atoms with E-state index in [0.717, 1.165) is 35.8 Å². The lowest BCUT2D eigenvalue weighted by Gasteiger charge is -2.15. The Bertz CT molecular complexity index is 907. The number of pyridine rings is 1. The van der Waals surface area contributed by atoms with Crippen molar-refractivity contribution >= 4 is 5.91 Å². The van der Waals surface area contributed by atoms with Crippen LogP contribution in [0, 0.1) is 0 Å². The molecule has 1 saturated heterocycles. The predicted octanol–water partition coefficient (Wildman–Crippen LogP) is 2.93. The molecule has 1 fully saturated rings. The minimum atomic E-state index is -0.185. The number of hydrogen-bond acceptors (Lipinski definition) is 4. The third-order valence-electron chi connectivity index (χ3n) is 4.61. The molecule has 2 aromatic heterocycles. The maximum atomic E-state index is 12.4. The lowest BCUT2D eigenvalue weighted by Crippen LogP contribution is -2.24. The van der Waals surface area contributed by atoms with E-state index in [1.807, 2.05) is 60.3 Å². The summed E-state index contributed by atoms with van der Waals surface area (Å²) in [6.07, 6.45) is 6.16. The maximum Gasteiger partial charge on any atom is 0.245 e. The Morgan fingerprint density at radius 3 is 2.85 bits per heavy atom. The fraction of sp³-hybridized carbons (Fsp3) is 0.250. The van der Waals surface area contributed by atoms with Crippen molar-refractivity contribution in [1.29, 1.82) is 0 Å². The molecule has 4 rings (SSSR count). The smallest absolute Gasteiger partial charge is 0.245 e. The van der Waals surface area contributed by atoms with Gasteiger partial charge in [-0.1, -0.05) is 18.2 Å². The Labute approximate surface area is 152 Å². The number of benzene rings is 1. The van der Waals surface area contributed by atoms with Crippen LogP contribution in [0.2, 0.25) is 0 Å². The normalized spacial score (nSPS) is 16.9. The Balaban J connectivity index is 1.56. The summed E-state index contributed by atoms with van der Waals surface area (Å²) in [5.41, 5.74) is 1.80. The van der Waals surface area contributed by atoms with Gasteiger partial charge in [0.05, 0.1) is 5.69 Å². The van der Waals surface area contributed by atoms with Crippen LogP contribution in [0.4, 0.5) is 0 Å². The predicted molar refractivity (Wildman–Crippen MR) is 97.5 cm³/mol. The number of likely N-dealkylation sites (N-methyl/N-ethyl adjacent to an activating group) is 1. The van der Waals surface area contributed by atoms with E-state index >= 15 is 0 Å². The van der Waals surface area contributed by atoms with Crippen LogP contribution in [0.3, 0.4) is 0 Å². The topological polar surface area (TPSA) is 60.3 Å². The summed E-state index contributed by atoms with van der Waals surface area (Å²) < 4.78 is 7.82. The number of aromatic nitrogens is 3. The number of carbonyl (C=O) groups is 1. The average molecular weight is 348 g/mol. The number of ether oxygens (including phenoxy) is 1. The standard InChI is InChI=1S/C20H20N4O2/c1-23-11-8-18(20(23)25)24-12-10-22-19(24)15-5-4-7-17(13-15)26-14-16-6-2-3-9-21-16/h2-7,9-10,12-13,18H,8,11,14H2,1H3. The molecule has 1 atom stereocenters. The lowest BCUT2D eigenvalue weighted by atomic mass is 10.1. The van der Waals surface area contributed by atoms with Crippen LogP contribution in [0.15, 0.2) is 61.1 Å². The molecule has 132 valence electrons. The molecule has 3 heterocycles. The highest BCUT2D eigenvalue weighted by molar-refractivity contribution is 5.83. The number of likely N-dealkylation sites (tertiary alicyclic amines) is 1. The monoisotopic (exact) mass is 348 g/mol. The van der Waals surface area contributed by atoms with Gasteiger partial charge in [-0.25, -0.2) is 4.98 Å². The lowest BCUT2D eigenvalue weighted by molar-refractivity contribution is -0.129. The van der Waals surface area contributed by atoms with E-state index in [4.69, 9.17) is 4.74 Å². The molecule has 1 amide bonds. The molecular weight excluding hydrogens is 328 g/mol. The van der Waals surface area contributed by atoms with Crippen LogP contribution >= 0.6 is 0 Å². The average Bonchev–Trinajstić information content (AvgIpc) is 3.28. The van der Waals surface area contributed by atoms with Crippen LogP contribution in [0.1, 0.15) is 18.2 Å². The molecular formula is C20H20N4O2. The second kappa shape index (κ2) is 7.00. The van der Waals surface area contributed by atoms with E-state index in [1.165, 1.54) is 0 Å². The van der Waals surface area contributed by atoms with Crippen molar-refractivity contribution in [2.75, 3.05) is 13.6 Å². The summed E-state index contributed by atoms with van der Waals surface area (Å²) in [5.74, 6) is 1.66. The summed E-state index contributed by atoms with van der Waals surface area (Å²) in [4.78, 5) is 22.9. The Morgan fingerprint density at radius 2 is 2.08 bits per heavy atom. The number of nitrogens with zero attached hydrogens (tertiary/aromatic N) is 4. The van der Waals surface area contributed by atoms with Gasteiger partial charge in [0.2, 0.25) is 5.91 Å². The van der Waals surface area contributed by atoms with E-state index < -0.39 is 0 Å². The molecule has 1 aliphatic rings. The van der Waals surface area contributed by atoms with Gasteiger partial charge in [0.25, 0.3) is 0 Å². The van der Waals surface area contributed by atoms with Gasteiger partial charge in [-0.05, 0) is 30.7 Å². The number of amides is 1. The van der Waals surface area contributed by atoms with Crippen molar-refractivity contribution in [2.24, 2.45) is 0 Å². The Morgan fingerprint density at radius 1 is 1.15 bits per heavy atom. The largest absolute Gasteiger partial charge is 0.487 e. The first-order valence-electron chi connectivity index (χ1n) is 8.63. The van der Waals surface area contributed by atoms with Crippen LogP contribution in [0.5, 0.6) is 5.75 Å². The first-order valence-corrected chi connectivity index (χ1v) is 8.63. The minimum absolute atomic E-state index is 0.131. The molecule has 6 heteroatoms. The van der Waals surface area contributed by atoms with E-state index in [0.29, 0.717) is 6.61 Å². The quantitative estimate of drug-likeness (QED) is 0.711. The van der Waals surface area contributed by atoms with E-state index in [9.17, 15) is 4.79 Å².